The fraction of sp³-hybridized carbons (Fsp3) is 0.333. The Bertz CT molecular complexity index is 594. The molecule has 0 bridgehead atoms. The van der Waals surface area contributed by atoms with E-state index in [1.807, 2.05) is 29.6 Å². The van der Waals surface area contributed by atoms with Crippen LogP contribution in [0.15, 0.2) is 29.6 Å². The number of benzene rings is 1. The van der Waals surface area contributed by atoms with Gasteiger partial charge in [0, 0.05) is 4.70 Å². The van der Waals surface area contributed by atoms with Crippen molar-refractivity contribution < 1.29 is 8.42 Å². The van der Waals surface area contributed by atoms with E-state index < -0.39 is 9.84 Å². The van der Waals surface area contributed by atoms with Gasteiger partial charge in [0.2, 0.25) is 0 Å². The average Bonchev–Trinajstić information content (AvgIpc) is 2.61. The third-order valence-corrected chi connectivity index (χ3v) is 5.80. The Morgan fingerprint density at radius 3 is 2.62 bits per heavy atom. The Kier molecular flexibility index (Phi) is 3.04. The molecule has 86 valence electrons. The molecule has 1 aromatic carbocycles. The number of sulfone groups is 1. The lowest BCUT2D eigenvalue weighted by atomic mass is 10.2. The Labute approximate surface area is 99.8 Å². The van der Waals surface area contributed by atoms with Crippen LogP contribution >= 0.6 is 11.3 Å². The molecule has 0 radical (unpaired) electrons. The van der Waals surface area contributed by atoms with Gasteiger partial charge in [0.1, 0.15) is 0 Å². The van der Waals surface area contributed by atoms with Crippen LogP contribution in [0.3, 0.4) is 0 Å². The minimum absolute atomic E-state index is 0.147. The van der Waals surface area contributed by atoms with Crippen molar-refractivity contribution in [2.24, 2.45) is 0 Å². The third kappa shape index (κ3) is 2.13. The van der Waals surface area contributed by atoms with Crippen LogP contribution in [0.25, 0.3) is 10.1 Å². The summed E-state index contributed by atoms with van der Waals surface area (Å²) in [6.07, 6.45) is 0. The lowest BCUT2D eigenvalue weighted by Gasteiger charge is -2.06. The summed E-state index contributed by atoms with van der Waals surface area (Å²) in [4.78, 5) is 0. The van der Waals surface area contributed by atoms with Gasteiger partial charge in [-0.05, 0) is 36.2 Å². The molecule has 0 unspecified atom stereocenters. The Morgan fingerprint density at radius 2 is 1.94 bits per heavy atom. The zero-order chi connectivity index (χ0) is 11.8. The molecule has 0 atom stereocenters. The van der Waals surface area contributed by atoms with E-state index in [4.69, 9.17) is 0 Å². The first-order valence-corrected chi connectivity index (χ1v) is 7.77. The molecule has 0 aliphatic rings. The molecule has 4 heteroatoms. The standard InChI is InChI=1S/C12H14O2S2/c1-9(2)16(13,14)8-10-7-15-12-6-4-3-5-11(10)12/h3-7,9H,8H2,1-2H3. The highest BCUT2D eigenvalue weighted by molar-refractivity contribution is 7.91. The van der Waals surface area contributed by atoms with Crippen LogP contribution in [0, 0.1) is 0 Å². The molecule has 2 rings (SSSR count). The maximum Gasteiger partial charge on any atom is 0.156 e. The first-order chi connectivity index (χ1) is 7.50. The smallest absolute Gasteiger partial charge is 0.156 e. The van der Waals surface area contributed by atoms with E-state index in [2.05, 4.69) is 0 Å². The fourth-order valence-corrected chi connectivity index (χ4v) is 3.60. The molecule has 0 saturated carbocycles. The zero-order valence-corrected chi connectivity index (χ0v) is 10.9. The first-order valence-electron chi connectivity index (χ1n) is 5.17. The molecule has 16 heavy (non-hydrogen) atoms. The number of hydrogen-bond donors (Lipinski definition) is 0. The molecule has 1 heterocycles. The Hall–Kier alpha value is -0.870. The van der Waals surface area contributed by atoms with Gasteiger partial charge in [-0.15, -0.1) is 11.3 Å². The van der Waals surface area contributed by atoms with Gasteiger partial charge in [-0.1, -0.05) is 18.2 Å². The molecule has 0 aliphatic carbocycles. The van der Waals surface area contributed by atoms with Crippen molar-refractivity contribution in [2.45, 2.75) is 24.9 Å². The lowest BCUT2D eigenvalue weighted by molar-refractivity contribution is 0.587. The summed E-state index contributed by atoms with van der Waals surface area (Å²) in [7, 11) is -3.01. The van der Waals surface area contributed by atoms with Gasteiger partial charge in [-0.2, -0.15) is 0 Å². The third-order valence-electron chi connectivity index (χ3n) is 2.64. The lowest BCUT2D eigenvalue weighted by Crippen LogP contribution is -2.15. The number of fused-ring (bicyclic) bond motifs is 1. The van der Waals surface area contributed by atoms with Crippen molar-refractivity contribution in [3.05, 3.63) is 35.2 Å². The predicted octanol–water partition coefficient (Wildman–Crippen LogP) is 3.22. The molecular weight excluding hydrogens is 240 g/mol. The van der Waals surface area contributed by atoms with E-state index in [1.165, 1.54) is 0 Å². The highest BCUT2D eigenvalue weighted by Gasteiger charge is 2.18. The highest BCUT2D eigenvalue weighted by Crippen LogP contribution is 2.27. The van der Waals surface area contributed by atoms with E-state index in [-0.39, 0.29) is 11.0 Å². The maximum atomic E-state index is 11.8. The Balaban J connectivity index is 2.43. The van der Waals surface area contributed by atoms with Gasteiger partial charge in [-0.3, -0.25) is 0 Å². The van der Waals surface area contributed by atoms with Gasteiger partial charge in [0.25, 0.3) is 0 Å². The summed E-state index contributed by atoms with van der Waals surface area (Å²) in [6.45, 7) is 3.45. The monoisotopic (exact) mass is 254 g/mol. The molecule has 0 N–H and O–H groups in total. The fourth-order valence-electron chi connectivity index (χ4n) is 1.53. The molecule has 0 amide bonds. The number of thiophene rings is 1. The van der Waals surface area contributed by atoms with E-state index in [1.54, 1.807) is 25.2 Å². The molecule has 0 saturated heterocycles. The van der Waals surface area contributed by atoms with Crippen LogP contribution < -0.4 is 0 Å². The van der Waals surface area contributed by atoms with E-state index >= 15 is 0 Å². The van der Waals surface area contributed by atoms with Gasteiger partial charge < -0.3 is 0 Å². The topological polar surface area (TPSA) is 34.1 Å². The molecule has 0 fully saturated rings. The normalized spacial score (nSPS) is 12.4. The quantitative estimate of drug-likeness (QED) is 0.842. The van der Waals surface area contributed by atoms with Gasteiger partial charge >= 0.3 is 0 Å². The highest BCUT2D eigenvalue weighted by atomic mass is 32.2. The van der Waals surface area contributed by atoms with Gasteiger partial charge in [0.15, 0.2) is 9.84 Å². The van der Waals surface area contributed by atoms with E-state index in [0.717, 1.165) is 15.6 Å². The average molecular weight is 254 g/mol. The van der Waals surface area contributed by atoms with Crippen LogP contribution in [0.4, 0.5) is 0 Å². The van der Waals surface area contributed by atoms with Crippen LogP contribution in [-0.2, 0) is 15.6 Å². The first kappa shape index (κ1) is 11.6. The summed E-state index contributed by atoms with van der Waals surface area (Å²) in [5.41, 5.74) is 0.925. The summed E-state index contributed by atoms with van der Waals surface area (Å²) in [5, 5.41) is 2.70. The molecule has 0 aliphatic heterocycles. The molecular formula is C12H14O2S2. The van der Waals surface area contributed by atoms with Crippen molar-refractivity contribution in [3.63, 3.8) is 0 Å². The zero-order valence-electron chi connectivity index (χ0n) is 9.30. The predicted molar refractivity (Wildman–Crippen MR) is 69.6 cm³/mol. The number of rotatable bonds is 3. The summed E-state index contributed by atoms with van der Waals surface area (Å²) in [6, 6.07) is 7.92. The van der Waals surface area contributed by atoms with Crippen molar-refractivity contribution in [1.82, 2.24) is 0 Å². The van der Waals surface area contributed by atoms with E-state index in [9.17, 15) is 8.42 Å². The molecule has 0 spiro atoms. The van der Waals surface area contributed by atoms with Crippen molar-refractivity contribution >= 4 is 31.3 Å². The minimum Gasteiger partial charge on any atom is -0.228 e. The summed E-state index contributed by atoms with van der Waals surface area (Å²) in [5.74, 6) is 0.147. The molecule has 1 aromatic heterocycles. The Morgan fingerprint density at radius 1 is 1.25 bits per heavy atom. The second-order valence-corrected chi connectivity index (χ2v) is 7.58. The van der Waals surface area contributed by atoms with Crippen LogP contribution in [0.1, 0.15) is 19.4 Å². The molecule has 2 nitrogen and oxygen atoms in total. The summed E-state index contributed by atoms with van der Waals surface area (Å²) >= 11 is 1.60. The van der Waals surface area contributed by atoms with Crippen molar-refractivity contribution in [1.29, 1.82) is 0 Å². The van der Waals surface area contributed by atoms with Crippen LogP contribution in [0.2, 0.25) is 0 Å². The second kappa shape index (κ2) is 4.18. The van der Waals surface area contributed by atoms with Crippen molar-refractivity contribution in [3.8, 4) is 0 Å². The van der Waals surface area contributed by atoms with Crippen molar-refractivity contribution in [2.75, 3.05) is 0 Å². The van der Waals surface area contributed by atoms with Gasteiger partial charge in [0.05, 0.1) is 11.0 Å². The minimum atomic E-state index is -3.01. The second-order valence-electron chi connectivity index (χ2n) is 4.11. The number of hydrogen-bond acceptors (Lipinski definition) is 3. The van der Waals surface area contributed by atoms with E-state index in [0.29, 0.717) is 0 Å². The SMILES string of the molecule is CC(C)S(=O)(=O)Cc1csc2ccccc12. The summed E-state index contributed by atoms with van der Waals surface area (Å²) < 4.78 is 24.8. The maximum absolute atomic E-state index is 11.8. The van der Waals surface area contributed by atoms with Gasteiger partial charge in [-0.25, -0.2) is 8.42 Å². The van der Waals surface area contributed by atoms with Crippen LogP contribution in [-0.4, -0.2) is 13.7 Å². The van der Waals surface area contributed by atoms with Crippen LogP contribution in [0.5, 0.6) is 0 Å². The largest absolute Gasteiger partial charge is 0.228 e. The molecule has 2 aromatic rings.